The maximum absolute atomic E-state index is 12.9. The molecule has 0 spiro atoms. The van der Waals surface area contributed by atoms with Crippen LogP contribution in [0.2, 0.25) is 0 Å². The highest BCUT2D eigenvalue weighted by Gasteiger charge is 2.47. The Morgan fingerprint density at radius 1 is 1.10 bits per heavy atom. The zero-order chi connectivity index (χ0) is 21.4. The third-order valence-corrected chi connectivity index (χ3v) is 5.40. The summed E-state index contributed by atoms with van der Waals surface area (Å²) in [5.41, 5.74) is 2.39. The first kappa shape index (κ1) is 19.8. The number of nitrogens with zero attached hydrogens (tertiary/aromatic N) is 1. The first-order valence-electron chi connectivity index (χ1n) is 9.59. The zero-order valence-corrected chi connectivity index (χ0v) is 16.9. The number of ether oxygens (including phenoxy) is 3. The topological polar surface area (TPSA) is 94.2 Å². The highest BCUT2D eigenvalue weighted by molar-refractivity contribution is 6.01. The number of nitrogens with one attached hydrogen (secondary N) is 1. The summed E-state index contributed by atoms with van der Waals surface area (Å²) >= 11 is 0. The van der Waals surface area contributed by atoms with Crippen LogP contribution in [-0.2, 0) is 14.3 Å². The second-order valence-corrected chi connectivity index (χ2v) is 7.23. The van der Waals surface area contributed by atoms with E-state index in [9.17, 15) is 14.4 Å². The maximum Gasteiger partial charge on any atom is 0.344 e. The van der Waals surface area contributed by atoms with Crippen LogP contribution < -0.4 is 14.8 Å². The van der Waals surface area contributed by atoms with E-state index in [1.165, 1.54) is 19.1 Å². The smallest absolute Gasteiger partial charge is 0.344 e. The molecule has 2 aromatic rings. The fourth-order valence-electron chi connectivity index (χ4n) is 3.91. The lowest BCUT2D eigenvalue weighted by Crippen LogP contribution is -2.43. The normalized spacial score (nSPS) is 20.0. The monoisotopic (exact) mass is 410 g/mol. The summed E-state index contributed by atoms with van der Waals surface area (Å²) in [6, 6.07) is 9.94. The molecule has 0 aromatic heterocycles. The van der Waals surface area contributed by atoms with Crippen molar-refractivity contribution in [2.75, 3.05) is 19.5 Å². The Kier molecular flexibility index (Phi) is 5.07. The first-order valence-corrected chi connectivity index (χ1v) is 9.59. The molecule has 1 saturated heterocycles. The minimum absolute atomic E-state index is 0.197. The van der Waals surface area contributed by atoms with Gasteiger partial charge in [-0.3, -0.25) is 14.5 Å². The predicted octanol–water partition coefficient (Wildman–Crippen LogP) is 2.81. The van der Waals surface area contributed by atoms with E-state index in [4.69, 9.17) is 14.2 Å². The molecule has 2 amide bonds. The molecule has 1 fully saturated rings. The van der Waals surface area contributed by atoms with Crippen molar-refractivity contribution in [2.45, 2.75) is 32.0 Å². The molecule has 0 saturated carbocycles. The molecule has 0 radical (unpaired) electrons. The quantitative estimate of drug-likeness (QED) is 0.762. The van der Waals surface area contributed by atoms with Gasteiger partial charge in [0.05, 0.1) is 14.2 Å². The van der Waals surface area contributed by atoms with Gasteiger partial charge in [-0.05, 0) is 37.6 Å². The molecule has 1 N–H and O–H groups in total. The molecule has 0 bridgehead atoms. The molecule has 0 aliphatic carbocycles. The van der Waals surface area contributed by atoms with Gasteiger partial charge in [0.1, 0.15) is 11.6 Å². The Balaban J connectivity index is 1.64. The molecular weight excluding hydrogens is 388 g/mol. The Labute approximate surface area is 173 Å². The number of carbonyl (C=O) groups is 3. The number of aryl methyl sites for hydroxylation is 1. The number of anilines is 1. The number of likely N-dealkylation sites (tertiary alicyclic amines) is 1. The number of fused-ring (bicyclic) bond motifs is 1. The molecule has 8 nitrogen and oxygen atoms in total. The van der Waals surface area contributed by atoms with Gasteiger partial charge in [-0.2, -0.15) is 0 Å². The summed E-state index contributed by atoms with van der Waals surface area (Å²) in [5.74, 6) is -0.567. The lowest BCUT2D eigenvalue weighted by molar-refractivity contribution is -0.144. The van der Waals surface area contributed by atoms with Gasteiger partial charge in [0.15, 0.2) is 11.5 Å². The van der Waals surface area contributed by atoms with Gasteiger partial charge in [-0.1, -0.05) is 17.7 Å². The van der Waals surface area contributed by atoms with Crippen LogP contribution in [0.3, 0.4) is 0 Å². The van der Waals surface area contributed by atoms with Gasteiger partial charge in [0.2, 0.25) is 18.0 Å². The lowest BCUT2D eigenvalue weighted by Gasteiger charge is -2.29. The van der Waals surface area contributed by atoms with Gasteiger partial charge in [-0.15, -0.1) is 0 Å². The average Bonchev–Trinajstić information content (AvgIpc) is 3.28. The number of esters is 1. The van der Waals surface area contributed by atoms with E-state index < -0.39 is 18.2 Å². The van der Waals surface area contributed by atoms with Crippen LogP contribution in [0.5, 0.6) is 11.5 Å². The van der Waals surface area contributed by atoms with E-state index in [0.29, 0.717) is 23.4 Å². The van der Waals surface area contributed by atoms with Gasteiger partial charge < -0.3 is 19.5 Å². The van der Waals surface area contributed by atoms with Crippen LogP contribution in [0, 0.1) is 6.92 Å². The molecule has 4 rings (SSSR count). The lowest BCUT2D eigenvalue weighted by atomic mass is 10.0. The largest absolute Gasteiger partial charge is 0.493 e. The van der Waals surface area contributed by atoms with Crippen LogP contribution in [0.25, 0.3) is 0 Å². The number of hydrogen-bond donors (Lipinski definition) is 1. The van der Waals surface area contributed by atoms with E-state index in [2.05, 4.69) is 5.32 Å². The number of amides is 2. The second-order valence-electron chi connectivity index (χ2n) is 7.23. The van der Waals surface area contributed by atoms with Gasteiger partial charge >= 0.3 is 5.97 Å². The van der Waals surface area contributed by atoms with Crippen molar-refractivity contribution in [3.63, 3.8) is 0 Å². The number of benzene rings is 2. The summed E-state index contributed by atoms with van der Waals surface area (Å²) < 4.78 is 16.1. The average molecular weight is 410 g/mol. The standard InChI is InChI=1S/C22H22N2O6/c1-12-4-6-13(7-5-12)23-20(26)15-9-11-17(25)24(15)21-14-8-10-16(28-2)19(29-3)18(14)22(27)30-21/h4-8,10,15,21H,9,11H2,1-3H3,(H,23,26)/t15-,21-/m0/s1. The van der Waals surface area contributed by atoms with Crippen molar-refractivity contribution >= 4 is 23.5 Å². The molecule has 30 heavy (non-hydrogen) atoms. The number of methoxy groups -OCH3 is 2. The number of cyclic esters (lactones) is 1. The van der Waals surface area contributed by atoms with Gasteiger partial charge in [0.25, 0.3) is 0 Å². The third kappa shape index (κ3) is 3.24. The van der Waals surface area contributed by atoms with Crippen molar-refractivity contribution in [2.24, 2.45) is 0 Å². The second kappa shape index (κ2) is 7.70. The van der Waals surface area contributed by atoms with Crippen molar-refractivity contribution in [3.8, 4) is 11.5 Å². The van der Waals surface area contributed by atoms with E-state index in [1.807, 2.05) is 19.1 Å². The Bertz CT molecular complexity index is 1020. The predicted molar refractivity (Wildman–Crippen MR) is 107 cm³/mol. The van der Waals surface area contributed by atoms with Crippen LogP contribution in [0.15, 0.2) is 36.4 Å². The van der Waals surface area contributed by atoms with E-state index in [0.717, 1.165) is 5.56 Å². The summed E-state index contributed by atoms with van der Waals surface area (Å²) in [7, 11) is 2.90. The molecule has 2 aromatic carbocycles. The summed E-state index contributed by atoms with van der Waals surface area (Å²) in [6.45, 7) is 1.96. The number of hydrogen-bond acceptors (Lipinski definition) is 6. The minimum atomic E-state index is -0.990. The van der Waals surface area contributed by atoms with Crippen molar-refractivity contribution in [1.82, 2.24) is 4.90 Å². The van der Waals surface area contributed by atoms with Gasteiger partial charge in [-0.25, -0.2) is 4.79 Å². The molecule has 8 heteroatoms. The van der Waals surface area contributed by atoms with E-state index >= 15 is 0 Å². The van der Waals surface area contributed by atoms with Crippen molar-refractivity contribution in [3.05, 3.63) is 53.1 Å². The molecule has 2 atom stereocenters. The third-order valence-electron chi connectivity index (χ3n) is 5.40. The highest BCUT2D eigenvalue weighted by Crippen LogP contribution is 2.45. The maximum atomic E-state index is 12.9. The summed E-state index contributed by atoms with van der Waals surface area (Å²) in [6.07, 6.45) is -0.452. The molecule has 0 unspecified atom stereocenters. The summed E-state index contributed by atoms with van der Waals surface area (Å²) in [4.78, 5) is 39.5. The van der Waals surface area contributed by atoms with Crippen LogP contribution >= 0.6 is 0 Å². The summed E-state index contributed by atoms with van der Waals surface area (Å²) in [5, 5.41) is 2.84. The first-order chi connectivity index (χ1) is 14.4. The fourth-order valence-corrected chi connectivity index (χ4v) is 3.91. The van der Waals surface area contributed by atoms with E-state index in [1.54, 1.807) is 24.3 Å². The zero-order valence-electron chi connectivity index (χ0n) is 16.9. The number of rotatable bonds is 5. The van der Waals surface area contributed by atoms with Crippen LogP contribution in [-0.4, -0.2) is 42.9 Å². The van der Waals surface area contributed by atoms with Crippen molar-refractivity contribution < 1.29 is 28.6 Å². The fraction of sp³-hybridized carbons (Fsp3) is 0.318. The van der Waals surface area contributed by atoms with Crippen LogP contribution in [0.4, 0.5) is 5.69 Å². The Morgan fingerprint density at radius 3 is 2.50 bits per heavy atom. The molecule has 156 valence electrons. The van der Waals surface area contributed by atoms with Gasteiger partial charge in [0, 0.05) is 17.7 Å². The number of carbonyl (C=O) groups excluding carboxylic acids is 3. The SMILES string of the molecule is COc1ccc2c(c1OC)C(=O)O[C@@H]2N1C(=O)CC[C@H]1C(=O)Nc1ccc(C)cc1. The Morgan fingerprint density at radius 2 is 1.83 bits per heavy atom. The minimum Gasteiger partial charge on any atom is -0.493 e. The highest BCUT2D eigenvalue weighted by atomic mass is 16.6. The van der Waals surface area contributed by atoms with E-state index in [-0.39, 0.29) is 29.5 Å². The molecule has 2 heterocycles. The molecule has 2 aliphatic rings. The van der Waals surface area contributed by atoms with Crippen molar-refractivity contribution in [1.29, 1.82) is 0 Å². The molecule has 2 aliphatic heterocycles. The van der Waals surface area contributed by atoms with Crippen LogP contribution in [0.1, 0.15) is 40.6 Å². The molecular formula is C22H22N2O6. The Hall–Kier alpha value is -3.55.